The molecule has 18 heavy (non-hydrogen) atoms. The summed E-state index contributed by atoms with van der Waals surface area (Å²) in [4.78, 5) is 1.28. The largest absolute Gasteiger partial charge is 0.309 e. The SMILES string of the molecule is CS(=O)(=O)C1CCCC(NCc2cc(Br)cs2)C1. The molecule has 1 aromatic rings. The van der Waals surface area contributed by atoms with Gasteiger partial charge in [0.1, 0.15) is 9.84 Å². The van der Waals surface area contributed by atoms with E-state index < -0.39 is 9.84 Å². The van der Waals surface area contributed by atoms with Gasteiger partial charge in [0.25, 0.3) is 0 Å². The molecule has 1 heterocycles. The number of hydrogen-bond donors (Lipinski definition) is 1. The Bertz CT molecular complexity index is 498. The van der Waals surface area contributed by atoms with Gasteiger partial charge in [0.2, 0.25) is 0 Å². The van der Waals surface area contributed by atoms with Crippen molar-refractivity contribution in [3.63, 3.8) is 0 Å². The molecule has 1 fully saturated rings. The van der Waals surface area contributed by atoms with Gasteiger partial charge in [-0.15, -0.1) is 11.3 Å². The second-order valence-electron chi connectivity index (χ2n) is 4.93. The number of hydrogen-bond acceptors (Lipinski definition) is 4. The minimum absolute atomic E-state index is 0.154. The second kappa shape index (κ2) is 6.03. The lowest BCUT2D eigenvalue weighted by atomic mass is 9.95. The highest BCUT2D eigenvalue weighted by molar-refractivity contribution is 9.10. The Hall–Kier alpha value is 0.0900. The van der Waals surface area contributed by atoms with Crippen LogP contribution in [-0.2, 0) is 16.4 Å². The average Bonchev–Trinajstić information content (AvgIpc) is 2.72. The van der Waals surface area contributed by atoms with Crippen LogP contribution in [0.15, 0.2) is 15.9 Å². The fraction of sp³-hybridized carbons (Fsp3) is 0.667. The first-order valence-electron chi connectivity index (χ1n) is 6.10. The maximum atomic E-state index is 11.6. The third-order valence-corrected chi connectivity index (χ3v) is 6.76. The molecular weight excluding hydrogens is 334 g/mol. The van der Waals surface area contributed by atoms with Crippen molar-refractivity contribution in [3.05, 3.63) is 20.8 Å². The molecule has 0 saturated heterocycles. The van der Waals surface area contributed by atoms with E-state index in [0.29, 0.717) is 6.04 Å². The van der Waals surface area contributed by atoms with Crippen molar-refractivity contribution in [3.8, 4) is 0 Å². The van der Waals surface area contributed by atoms with Crippen LogP contribution in [0.3, 0.4) is 0 Å². The first kappa shape index (κ1) is 14.5. The smallest absolute Gasteiger partial charge is 0.150 e. The number of sulfone groups is 1. The quantitative estimate of drug-likeness (QED) is 0.906. The van der Waals surface area contributed by atoms with Gasteiger partial charge in [0, 0.05) is 33.6 Å². The van der Waals surface area contributed by atoms with Gasteiger partial charge in [0.05, 0.1) is 5.25 Å². The molecule has 0 amide bonds. The lowest BCUT2D eigenvalue weighted by molar-refractivity contribution is 0.372. The van der Waals surface area contributed by atoms with E-state index in [9.17, 15) is 8.42 Å². The highest BCUT2D eigenvalue weighted by Gasteiger charge is 2.28. The number of thiophene rings is 1. The summed E-state index contributed by atoms with van der Waals surface area (Å²) >= 11 is 5.15. The Morgan fingerprint density at radius 1 is 1.50 bits per heavy atom. The van der Waals surface area contributed by atoms with Gasteiger partial charge in [-0.3, -0.25) is 0 Å². The second-order valence-corrected chi connectivity index (χ2v) is 9.16. The topological polar surface area (TPSA) is 46.2 Å². The monoisotopic (exact) mass is 351 g/mol. The van der Waals surface area contributed by atoms with Gasteiger partial charge in [0.15, 0.2) is 0 Å². The molecule has 102 valence electrons. The molecule has 0 aliphatic heterocycles. The molecule has 1 saturated carbocycles. The van der Waals surface area contributed by atoms with Gasteiger partial charge in [-0.2, -0.15) is 0 Å². The molecule has 0 radical (unpaired) electrons. The fourth-order valence-electron chi connectivity index (χ4n) is 2.41. The highest BCUT2D eigenvalue weighted by atomic mass is 79.9. The summed E-state index contributed by atoms with van der Waals surface area (Å²) in [6.45, 7) is 0.831. The van der Waals surface area contributed by atoms with Crippen LogP contribution in [0.5, 0.6) is 0 Å². The van der Waals surface area contributed by atoms with Crippen LogP contribution in [0.25, 0.3) is 0 Å². The van der Waals surface area contributed by atoms with E-state index in [1.807, 2.05) is 0 Å². The Kier molecular flexibility index (Phi) is 4.86. The molecular formula is C12H18BrNO2S2. The summed E-state index contributed by atoms with van der Waals surface area (Å²) in [6, 6.07) is 2.44. The van der Waals surface area contributed by atoms with Crippen LogP contribution < -0.4 is 5.32 Å². The van der Waals surface area contributed by atoms with Crippen LogP contribution in [0, 0.1) is 0 Å². The third-order valence-electron chi connectivity index (χ3n) is 3.42. The zero-order chi connectivity index (χ0) is 13.2. The number of rotatable bonds is 4. The minimum Gasteiger partial charge on any atom is -0.309 e. The maximum absolute atomic E-state index is 11.6. The molecule has 2 unspecified atom stereocenters. The number of halogens is 1. The van der Waals surface area contributed by atoms with Gasteiger partial charge >= 0.3 is 0 Å². The summed E-state index contributed by atoms with van der Waals surface area (Å²) < 4.78 is 24.3. The molecule has 1 N–H and O–H groups in total. The van der Waals surface area contributed by atoms with E-state index in [1.54, 1.807) is 11.3 Å². The molecule has 2 rings (SSSR count). The fourth-order valence-corrected chi connectivity index (χ4v) is 4.99. The first-order chi connectivity index (χ1) is 8.45. The summed E-state index contributed by atoms with van der Waals surface area (Å²) in [5.41, 5.74) is 0. The van der Waals surface area contributed by atoms with Crippen LogP contribution >= 0.6 is 27.3 Å². The summed E-state index contributed by atoms with van der Waals surface area (Å²) in [7, 11) is -2.88. The Morgan fingerprint density at radius 3 is 2.89 bits per heavy atom. The van der Waals surface area contributed by atoms with Crippen LogP contribution in [-0.4, -0.2) is 26.0 Å². The Labute approximate surface area is 121 Å². The Morgan fingerprint density at radius 2 is 2.28 bits per heavy atom. The molecule has 0 bridgehead atoms. The molecule has 1 aliphatic rings. The summed E-state index contributed by atoms with van der Waals surface area (Å²) in [5.74, 6) is 0. The summed E-state index contributed by atoms with van der Waals surface area (Å²) in [5, 5.41) is 5.39. The molecule has 3 nitrogen and oxygen atoms in total. The van der Waals surface area contributed by atoms with Crippen molar-refractivity contribution in [1.29, 1.82) is 0 Å². The highest BCUT2D eigenvalue weighted by Crippen LogP contribution is 2.25. The Balaban J connectivity index is 1.86. The lowest BCUT2D eigenvalue weighted by Crippen LogP contribution is -2.38. The average molecular weight is 352 g/mol. The van der Waals surface area contributed by atoms with E-state index in [1.165, 1.54) is 11.1 Å². The molecule has 1 aliphatic carbocycles. The number of nitrogens with one attached hydrogen (secondary N) is 1. The van der Waals surface area contributed by atoms with E-state index in [4.69, 9.17) is 0 Å². The third kappa shape index (κ3) is 4.05. The molecule has 6 heteroatoms. The van der Waals surface area contributed by atoms with Gasteiger partial charge in [-0.25, -0.2) is 8.42 Å². The molecule has 0 spiro atoms. The van der Waals surface area contributed by atoms with E-state index in [0.717, 1.165) is 36.7 Å². The van der Waals surface area contributed by atoms with E-state index in [-0.39, 0.29) is 5.25 Å². The van der Waals surface area contributed by atoms with Crippen molar-refractivity contribution < 1.29 is 8.42 Å². The first-order valence-corrected chi connectivity index (χ1v) is 9.73. The standard InChI is InChI=1S/C12H18BrNO2S2/c1-18(15,16)12-4-2-3-10(6-12)14-7-11-5-9(13)8-17-11/h5,8,10,12,14H,2-4,6-7H2,1H3. The minimum atomic E-state index is -2.88. The van der Waals surface area contributed by atoms with Crippen molar-refractivity contribution in [1.82, 2.24) is 5.32 Å². The van der Waals surface area contributed by atoms with Crippen LogP contribution in [0.4, 0.5) is 0 Å². The molecule has 2 atom stereocenters. The van der Waals surface area contributed by atoms with E-state index in [2.05, 4.69) is 32.7 Å². The van der Waals surface area contributed by atoms with Gasteiger partial charge in [-0.05, 0) is 41.3 Å². The zero-order valence-corrected chi connectivity index (χ0v) is 13.6. The normalized spacial score (nSPS) is 25.2. The zero-order valence-electron chi connectivity index (χ0n) is 10.4. The van der Waals surface area contributed by atoms with Gasteiger partial charge < -0.3 is 5.32 Å². The predicted molar refractivity (Wildman–Crippen MR) is 79.7 cm³/mol. The van der Waals surface area contributed by atoms with Crippen molar-refractivity contribution in [2.45, 2.75) is 43.5 Å². The van der Waals surface area contributed by atoms with Crippen LogP contribution in [0.1, 0.15) is 30.6 Å². The van der Waals surface area contributed by atoms with Crippen molar-refractivity contribution in [2.24, 2.45) is 0 Å². The van der Waals surface area contributed by atoms with Crippen molar-refractivity contribution in [2.75, 3.05) is 6.26 Å². The van der Waals surface area contributed by atoms with Gasteiger partial charge in [-0.1, -0.05) is 6.42 Å². The molecule has 1 aromatic heterocycles. The lowest BCUT2D eigenvalue weighted by Gasteiger charge is -2.28. The van der Waals surface area contributed by atoms with Crippen LogP contribution in [0.2, 0.25) is 0 Å². The predicted octanol–water partition coefficient (Wildman–Crippen LogP) is 2.96. The van der Waals surface area contributed by atoms with E-state index >= 15 is 0 Å². The van der Waals surface area contributed by atoms with Crippen molar-refractivity contribution >= 4 is 37.1 Å². The maximum Gasteiger partial charge on any atom is 0.150 e. The summed E-state index contributed by atoms with van der Waals surface area (Å²) in [6.07, 6.45) is 5.02. The molecule has 0 aromatic carbocycles.